The number of nitrogens with zero attached hydrogens (tertiary/aromatic N) is 6. The Bertz CT molecular complexity index is 1770. The van der Waals surface area contributed by atoms with E-state index < -0.39 is 0 Å². The molecular weight excluding hydrogens is 479 g/mol. The highest BCUT2D eigenvalue weighted by Crippen LogP contribution is 2.33. The third-order valence-corrected chi connectivity index (χ3v) is 7.18. The molecule has 1 saturated heterocycles. The second kappa shape index (κ2) is 9.42. The summed E-state index contributed by atoms with van der Waals surface area (Å²) in [5, 5.41) is 8.36. The number of halogens is 1. The molecule has 0 atom stereocenters. The lowest BCUT2D eigenvalue weighted by atomic mass is 10.1. The first-order valence-corrected chi connectivity index (χ1v) is 12.8. The van der Waals surface area contributed by atoms with E-state index in [0.29, 0.717) is 39.3 Å². The predicted octanol–water partition coefficient (Wildman–Crippen LogP) is 5.75. The Hall–Kier alpha value is -4.50. The van der Waals surface area contributed by atoms with Crippen molar-refractivity contribution in [3.63, 3.8) is 0 Å². The first-order valence-electron chi connectivity index (χ1n) is 12.8. The van der Waals surface area contributed by atoms with Crippen molar-refractivity contribution in [2.75, 3.05) is 13.1 Å². The van der Waals surface area contributed by atoms with Crippen LogP contribution in [-0.2, 0) is 6.54 Å². The summed E-state index contributed by atoms with van der Waals surface area (Å²) in [6.45, 7) is 3.19. The third kappa shape index (κ3) is 4.10. The van der Waals surface area contributed by atoms with Crippen LogP contribution >= 0.6 is 0 Å². The van der Waals surface area contributed by atoms with Gasteiger partial charge in [-0.1, -0.05) is 24.6 Å². The summed E-state index contributed by atoms with van der Waals surface area (Å²) in [6.07, 6.45) is 12.8. The fourth-order valence-corrected chi connectivity index (χ4v) is 5.27. The van der Waals surface area contributed by atoms with E-state index in [4.69, 9.17) is 4.98 Å². The van der Waals surface area contributed by atoms with Crippen molar-refractivity contribution >= 4 is 22.1 Å². The number of hydrogen-bond acceptors (Lipinski definition) is 6. The molecule has 1 aliphatic rings. The van der Waals surface area contributed by atoms with Crippen molar-refractivity contribution in [3.8, 4) is 33.8 Å². The van der Waals surface area contributed by atoms with Gasteiger partial charge in [0.05, 0.1) is 17.1 Å². The molecule has 188 valence electrons. The molecule has 0 radical (unpaired) electrons. The molecule has 0 unspecified atom stereocenters. The summed E-state index contributed by atoms with van der Waals surface area (Å²) in [5.74, 6) is 0.245. The quantitative estimate of drug-likeness (QED) is 0.310. The summed E-state index contributed by atoms with van der Waals surface area (Å²) in [6, 6.07) is 10.9. The van der Waals surface area contributed by atoms with Crippen molar-refractivity contribution in [1.82, 2.24) is 40.0 Å². The van der Waals surface area contributed by atoms with E-state index in [-0.39, 0.29) is 5.82 Å². The van der Waals surface area contributed by atoms with Crippen LogP contribution in [0.2, 0.25) is 0 Å². The van der Waals surface area contributed by atoms with E-state index in [9.17, 15) is 4.39 Å². The second-order valence-electron chi connectivity index (χ2n) is 9.76. The fraction of sp³-hybridized carbons (Fsp3) is 0.207. The number of aromatic nitrogens is 7. The molecule has 8 nitrogen and oxygen atoms in total. The second-order valence-corrected chi connectivity index (χ2v) is 9.76. The maximum Gasteiger partial charge on any atom is 0.159 e. The SMILES string of the molecule is Fc1ccccc1-c1cncc2[nH]c(-c3n[nH]c4ncc(-c5cncc(CN6CCCCC6)c5)cc34)nc12. The minimum Gasteiger partial charge on any atom is -0.335 e. The van der Waals surface area contributed by atoms with Crippen LogP contribution in [0, 0.1) is 5.82 Å². The number of likely N-dealkylation sites (tertiary alicyclic amines) is 1. The van der Waals surface area contributed by atoms with E-state index in [1.54, 1.807) is 30.6 Å². The molecule has 0 spiro atoms. The van der Waals surface area contributed by atoms with Crippen LogP contribution in [0.25, 0.3) is 55.8 Å². The highest BCUT2D eigenvalue weighted by atomic mass is 19.1. The molecule has 9 heteroatoms. The van der Waals surface area contributed by atoms with Gasteiger partial charge in [0.1, 0.15) is 17.0 Å². The van der Waals surface area contributed by atoms with E-state index in [0.717, 1.165) is 36.1 Å². The molecule has 0 amide bonds. The molecule has 1 aromatic carbocycles. The normalized spacial score (nSPS) is 14.4. The third-order valence-electron chi connectivity index (χ3n) is 7.18. The van der Waals surface area contributed by atoms with Gasteiger partial charge in [-0.3, -0.25) is 20.0 Å². The van der Waals surface area contributed by atoms with Gasteiger partial charge in [0.15, 0.2) is 11.5 Å². The molecule has 7 rings (SSSR count). The highest BCUT2D eigenvalue weighted by Gasteiger charge is 2.18. The van der Waals surface area contributed by atoms with E-state index >= 15 is 0 Å². The Morgan fingerprint density at radius 3 is 2.61 bits per heavy atom. The minimum atomic E-state index is -0.318. The van der Waals surface area contributed by atoms with Gasteiger partial charge in [-0.15, -0.1) is 0 Å². The maximum atomic E-state index is 14.6. The standard InChI is InChI=1S/C29H25FN8/c30-24-7-3-2-6-21(24)23-15-32-16-25-26(23)35-29(34-25)27-22-11-20(14-33-28(22)37-36-27)19-10-18(12-31-13-19)17-38-8-4-1-5-9-38/h2-3,6-7,10-16H,1,4-5,8-9,17H2,(H,34,35)(H,33,36,37). The molecule has 38 heavy (non-hydrogen) atoms. The zero-order valence-corrected chi connectivity index (χ0v) is 20.7. The molecule has 6 aromatic rings. The van der Waals surface area contributed by atoms with Gasteiger partial charge in [0, 0.05) is 53.6 Å². The van der Waals surface area contributed by atoms with Gasteiger partial charge in [-0.05, 0) is 49.7 Å². The van der Waals surface area contributed by atoms with Gasteiger partial charge in [0.25, 0.3) is 0 Å². The maximum absolute atomic E-state index is 14.6. The van der Waals surface area contributed by atoms with Crippen molar-refractivity contribution in [2.24, 2.45) is 0 Å². The zero-order chi connectivity index (χ0) is 25.5. The van der Waals surface area contributed by atoms with Crippen molar-refractivity contribution < 1.29 is 4.39 Å². The van der Waals surface area contributed by atoms with Crippen LogP contribution in [0.5, 0.6) is 0 Å². The van der Waals surface area contributed by atoms with Gasteiger partial charge < -0.3 is 4.98 Å². The highest BCUT2D eigenvalue weighted by molar-refractivity contribution is 5.96. The molecule has 2 N–H and O–H groups in total. The largest absolute Gasteiger partial charge is 0.335 e. The van der Waals surface area contributed by atoms with Crippen LogP contribution in [0.15, 0.2) is 67.4 Å². The lowest BCUT2D eigenvalue weighted by molar-refractivity contribution is 0.220. The smallest absolute Gasteiger partial charge is 0.159 e. The average molecular weight is 505 g/mol. The Labute approximate surface area is 218 Å². The van der Waals surface area contributed by atoms with Crippen LogP contribution in [0.3, 0.4) is 0 Å². The Balaban J connectivity index is 1.26. The fourth-order valence-electron chi connectivity index (χ4n) is 5.27. The lowest BCUT2D eigenvalue weighted by Crippen LogP contribution is -2.29. The van der Waals surface area contributed by atoms with E-state index in [1.165, 1.54) is 30.9 Å². The number of hydrogen-bond donors (Lipinski definition) is 2. The minimum absolute atomic E-state index is 0.318. The van der Waals surface area contributed by atoms with Gasteiger partial charge >= 0.3 is 0 Å². The molecular formula is C29H25FN8. The molecule has 0 aliphatic carbocycles. The van der Waals surface area contributed by atoms with E-state index in [2.05, 4.69) is 47.2 Å². The number of imidazole rings is 1. The monoisotopic (exact) mass is 504 g/mol. The molecule has 1 fully saturated rings. The topological polar surface area (TPSA) is 99.3 Å². The zero-order valence-electron chi connectivity index (χ0n) is 20.7. The summed E-state index contributed by atoms with van der Waals surface area (Å²) >= 11 is 0. The van der Waals surface area contributed by atoms with Crippen molar-refractivity contribution in [2.45, 2.75) is 25.8 Å². The van der Waals surface area contributed by atoms with Crippen LogP contribution < -0.4 is 0 Å². The van der Waals surface area contributed by atoms with Gasteiger partial charge in [-0.2, -0.15) is 5.10 Å². The first-order chi connectivity index (χ1) is 18.7. The van der Waals surface area contributed by atoms with E-state index in [1.807, 2.05) is 18.6 Å². The molecule has 5 aromatic heterocycles. The van der Waals surface area contributed by atoms with Crippen LogP contribution in [0.1, 0.15) is 24.8 Å². The average Bonchev–Trinajstić information content (AvgIpc) is 3.58. The number of piperidine rings is 1. The molecule has 1 aliphatic heterocycles. The Morgan fingerprint density at radius 1 is 0.868 bits per heavy atom. The van der Waals surface area contributed by atoms with Crippen molar-refractivity contribution in [3.05, 3.63) is 78.8 Å². The number of fused-ring (bicyclic) bond motifs is 2. The van der Waals surface area contributed by atoms with Crippen LogP contribution in [-0.4, -0.2) is 53.1 Å². The molecule has 6 heterocycles. The predicted molar refractivity (Wildman–Crippen MR) is 145 cm³/mol. The van der Waals surface area contributed by atoms with Crippen LogP contribution in [0.4, 0.5) is 4.39 Å². The summed E-state index contributed by atoms with van der Waals surface area (Å²) in [4.78, 5) is 24.1. The number of rotatable bonds is 5. The number of pyridine rings is 3. The Kier molecular flexibility index (Phi) is 5.62. The van der Waals surface area contributed by atoms with Gasteiger partial charge in [-0.25, -0.2) is 14.4 Å². The number of nitrogens with one attached hydrogen (secondary N) is 2. The van der Waals surface area contributed by atoms with Gasteiger partial charge in [0.2, 0.25) is 0 Å². The number of benzene rings is 1. The summed E-state index contributed by atoms with van der Waals surface area (Å²) in [7, 11) is 0. The number of aromatic amines is 2. The van der Waals surface area contributed by atoms with Crippen molar-refractivity contribution in [1.29, 1.82) is 0 Å². The summed E-state index contributed by atoms with van der Waals surface area (Å²) in [5.41, 5.74) is 6.88. The molecule has 0 saturated carbocycles. The summed E-state index contributed by atoms with van der Waals surface area (Å²) < 4.78 is 14.6. The first kappa shape index (κ1) is 22.7. The lowest BCUT2D eigenvalue weighted by Gasteiger charge is -2.26. The Morgan fingerprint density at radius 2 is 1.71 bits per heavy atom. The molecule has 0 bridgehead atoms. The number of H-pyrrole nitrogens is 2.